The first-order valence-electron chi connectivity index (χ1n) is 9.69. The Bertz CT molecular complexity index is 1110. The molecule has 9 heteroatoms. The molecule has 2 bridgehead atoms. The number of nitriles is 1. The maximum absolute atomic E-state index is 13.1. The molecule has 2 aromatic rings. The van der Waals surface area contributed by atoms with Crippen LogP contribution in [-0.2, 0) is 4.74 Å². The van der Waals surface area contributed by atoms with Gasteiger partial charge >= 0.3 is 5.69 Å². The van der Waals surface area contributed by atoms with E-state index in [2.05, 4.69) is 16.0 Å². The molecular weight excluding hydrogens is 374 g/mol. The third-order valence-electron chi connectivity index (χ3n) is 6.03. The number of ether oxygens (including phenoxy) is 2. The van der Waals surface area contributed by atoms with Crippen LogP contribution in [0, 0.1) is 17.2 Å². The van der Waals surface area contributed by atoms with Crippen molar-refractivity contribution in [1.82, 2.24) is 9.66 Å². The molecule has 29 heavy (non-hydrogen) atoms. The molecule has 3 aliphatic rings. The summed E-state index contributed by atoms with van der Waals surface area (Å²) in [5, 5.41) is 11.0. The van der Waals surface area contributed by atoms with Gasteiger partial charge in [-0.05, 0) is 18.6 Å². The van der Waals surface area contributed by atoms with E-state index in [-0.39, 0.29) is 11.5 Å². The number of para-hydroxylation sites is 2. The molecule has 0 aliphatic carbocycles. The summed E-state index contributed by atoms with van der Waals surface area (Å²) in [6, 6.07) is 10.0. The first-order valence-corrected chi connectivity index (χ1v) is 9.69. The molecule has 0 unspecified atom stereocenters. The summed E-state index contributed by atoms with van der Waals surface area (Å²) in [6.45, 7) is 2.36. The van der Waals surface area contributed by atoms with Gasteiger partial charge in [-0.25, -0.2) is 4.79 Å². The van der Waals surface area contributed by atoms with E-state index in [9.17, 15) is 14.9 Å². The molecule has 150 valence electrons. The molecule has 3 atom stereocenters. The molecule has 4 heterocycles. The number of anilines is 1. The highest BCUT2D eigenvalue weighted by atomic mass is 16.5. The van der Waals surface area contributed by atoms with Gasteiger partial charge in [-0.2, -0.15) is 9.94 Å². The van der Waals surface area contributed by atoms with Gasteiger partial charge in [0.05, 0.1) is 55.2 Å². The van der Waals surface area contributed by atoms with Crippen LogP contribution in [-0.4, -0.2) is 42.9 Å². The van der Waals surface area contributed by atoms with Gasteiger partial charge in [-0.3, -0.25) is 4.79 Å². The van der Waals surface area contributed by atoms with Gasteiger partial charge in [0.25, 0.3) is 5.56 Å². The lowest BCUT2D eigenvalue weighted by atomic mass is 9.88. The number of fused-ring (bicyclic) bond motifs is 5. The molecule has 0 spiro atoms. The van der Waals surface area contributed by atoms with Crippen LogP contribution in [0.25, 0.3) is 0 Å². The molecule has 0 amide bonds. The minimum Gasteiger partial charge on any atom is -0.495 e. The molecule has 1 aromatic heterocycles. The highest BCUT2D eigenvalue weighted by Crippen LogP contribution is 2.51. The lowest BCUT2D eigenvalue weighted by molar-refractivity contribution is 0.0637. The summed E-state index contributed by atoms with van der Waals surface area (Å²) in [4.78, 5) is 30.8. The quantitative estimate of drug-likeness (QED) is 0.814. The second kappa shape index (κ2) is 6.67. The van der Waals surface area contributed by atoms with E-state index in [1.807, 2.05) is 24.3 Å². The molecule has 2 fully saturated rings. The molecule has 9 nitrogen and oxygen atoms in total. The van der Waals surface area contributed by atoms with Crippen molar-refractivity contribution in [2.45, 2.75) is 18.6 Å². The van der Waals surface area contributed by atoms with E-state index in [1.165, 1.54) is 4.68 Å². The lowest BCUT2D eigenvalue weighted by Crippen LogP contribution is -2.59. The van der Waals surface area contributed by atoms with E-state index < -0.39 is 17.9 Å². The number of hydrogen-bond acceptors (Lipinski definition) is 7. The topological polar surface area (TPSA) is 104 Å². The van der Waals surface area contributed by atoms with Gasteiger partial charge in [-0.15, -0.1) is 0 Å². The zero-order valence-electron chi connectivity index (χ0n) is 16.0. The van der Waals surface area contributed by atoms with Crippen molar-refractivity contribution in [1.29, 1.82) is 5.26 Å². The van der Waals surface area contributed by atoms with Crippen LogP contribution >= 0.6 is 0 Å². The van der Waals surface area contributed by atoms with Crippen molar-refractivity contribution < 1.29 is 9.47 Å². The van der Waals surface area contributed by atoms with Gasteiger partial charge in [0.2, 0.25) is 0 Å². The molecule has 5 rings (SSSR count). The average Bonchev–Trinajstić information content (AvgIpc) is 3.33. The van der Waals surface area contributed by atoms with Gasteiger partial charge in [0, 0.05) is 13.1 Å². The Balaban J connectivity index is 1.42. The van der Waals surface area contributed by atoms with Gasteiger partial charge in [0.1, 0.15) is 11.9 Å². The summed E-state index contributed by atoms with van der Waals surface area (Å²) in [7, 11) is 1.64. The Kier molecular flexibility index (Phi) is 4.10. The van der Waals surface area contributed by atoms with Gasteiger partial charge < -0.3 is 24.4 Å². The molecule has 0 saturated carbocycles. The Morgan fingerprint density at radius 1 is 1.21 bits per heavy atom. The first-order chi connectivity index (χ1) is 14.1. The van der Waals surface area contributed by atoms with E-state index >= 15 is 0 Å². The number of aromatic nitrogens is 2. The summed E-state index contributed by atoms with van der Waals surface area (Å²) in [5.41, 5.74) is 1.16. The average molecular weight is 395 g/mol. The smallest absolute Gasteiger partial charge is 0.347 e. The third-order valence-corrected chi connectivity index (χ3v) is 6.03. The summed E-state index contributed by atoms with van der Waals surface area (Å²) in [5.74, 6) is 0.483. The van der Waals surface area contributed by atoms with Gasteiger partial charge in [-0.1, -0.05) is 12.1 Å². The fraction of sp³-hybridized carbons (Fsp3) is 0.450. The standard InChI is InChI=1S/C20H21N5O4/c1-28-14-5-3-2-4-13(14)23-6-8-24(9-7-23)25-19(26)16-15-10-12(11-21)18(29-15)17(16)22-20(25)27/h2-5,12,15,18H,6-10H2,1H3,(H,22,27)/t12-,15+,18-/m0/s1. The van der Waals surface area contributed by atoms with Crippen molar-refractivity contribution in [3.63, 3.8) is 0 Å². The Labute approximate surface area is 166 Å². The maximum Gasteiger partial charge on any atom is 0.347 e. The highest BCUT2D eigenvalue weighted by molar-refractivity contribution is 5.58. The van der Waals surface area contributed by atoms with Crippen LogP contribution in [0.3, 0.4) is 0 Å². The van der Waals surface area contributed by atoms with Crippen molar-refractivity contribution >= 4 is 5.69 Å². The van der Waals surface area contributed by atoms with E-state index in [0.29, 0.717) is 43.9 Å². The Hall–Kier alpha value is -3.25. The number of hydrogen-bond donors (Lipinski definition) is 1. The van der Waals surface area contributed by atoms with Crippen LogP contribution in [0.15, 0.2) is 33.9 Å². The monoisotopic (exact) mass is 395 g/mol. The Morgan fingerprint density at radius 2 is 1.97 bits per heavy atom. The molecule has 2 saturated heterocycles. The van der Waals surface area contributed by atoms with E-state index in [1.54, 1.807) is 12.1 Å². The molecule has 0 radical (unpaired) electrons. The third kappa shape index (κ3) is 2.63. The SMILES string of the molecule is COc1ccccc1N1CCN(n2c(=O)[nH]c3c(c2=O)[C@H]2C[C@@H](C#N)[C@@H]3O2)CC1. The van der Waals surface area contributed by atoms with Crippen LogP contribution in [0.5, 0.6) is 5.75 Å². The number of aromatic amines is 1. The van der Waals surface area contributed by atoms with Crippen molar-refractivity contribution in [2.24, 2.45) is 5.92 Å². The first kappa shape index (κ1) is 17.8. The number of nitrogens with zero attached hydrogens (tertiary/aromatic N) is 4. The van der Waals surface area contributed by atoms with Gasteiger partial charge in [0.15, 0.2) is 0 Å². The fourth-order valence-corrected chi connectivity index (χ4v) is 4.63. The van der Waals surface area contributed by atoms with Crippen molar-refractivity contribution in [2.75, 3.05) is 43.2 Å². The zero-order chi connectivity index (χ0) is 20.1. The summed E-state index contributed by atoms with van der Waals surface area (Å²) >= 11 is 0. The highest BCUT2D eigenvalue weighted by Gasteiger charge is 2.48. The second-order valence-electron chi connectivity index (χ2n) is 7.50. The number of benzene rings is 1. The zero-order valence-corrected chi connectivity index (χ0v) is 16.0. The summed E-state index contributed by atoms with van der Waals surface area (Å²) < 4.78 is 12.4. The second-order valence-corrected chi connectivity index (χ2v) is 7.50. The number of methoxy groups -OCH3 is 1. The van der Waals surface area contributed by atoms with Crippen LogP contribution < -0.4 is 25.9 Å². The summed E-state index contributed by atoms with van der Waals surface area (Å²) in [6.07, 6.45) is -0.417. The molecule has 1 aromatic carbocycles. The number of nitrogens with one attached hydrogen (secondary N) is 1. The number of piperazine rings is 1. The van der Waals surface area contributed by atoms with Crippen molar-refractivity contribution in [3.05, 3.63) is 56.4 Å². The number of rotatable bonds is 3. The minimum atomic E-state index is -0.502. The lowest BCUT2D eigenvalue weighted by Gasteiger charge is -2.37. The normalized spacial score (nSPS) is 25.0. The molecule has 1 N–H and O–H groups in total. The Morgan fingerprint density at radius 3 is 2.69 bits per heavy atom. The predicted octanol–water partition coefficient (Wildman–Crippen LogP) is 0.659. The van der Waals surface area contributed by atoms with Crippen LogP contribution in [0.4, 0.5) is 5.69 Å². The largest absolute Gasteiger partial charge is 0.495 e. The maximum atomic E-state index is 13.1. The van der Waals surface area contributed by atoms with Crippen molar-refractivity contribution in [3.8, 4) is 11.8 Å². The minimum absolute atomic E-state index is 0.317. The van der Waals surface area contributed by atoms with E-state index in [0.717, 1.165) is 11.4 Å². The van der Waals surface area contributed by atoms with Crippen LogP contribution in [0.1, 0.15) is 29.9 Å². The number of H-pyrrole nitrogens is 1. The van der Waals surface area contributed by atoms with Crippen LogP contribution in [0.2, 0.25) is 0 Å². The molecule has 3 aliphatic heterocycles. The fourth-order valence-electron chi connectivity index (χ4n) is 4.63. The molecular formula is C20H21N5O4. The predicted molar refractivity (Wildman–Crippen MR) is 105 cm³/mol. The van der Waals surface area contributed by atoms with E-state index in [4.69, 9.17) is 9.47 Å².